The van der Waals surface area contributed by atoms with Crippen molar-refractivity contribution in [2.24, 2.45) is 0 Å². The van der Waals surface area contributed by atoms with Crippen molar-refractivity contribution in [3.8, 4) is 0 Å². The van der Waals surface area contributed by atoms with E-state index in [1.165, 1.54) is 12.1 Å². The van der Waals surface area contributed by atoms with Gasteiger partial charge in [0.25, 0.3) is 10.1 Å². The average molecular weight is 406 g/mol. The van der Waals surface area contributed by atoms with Crippen LogP contribution < -0.4 is 0 Å². The molecule has 0 aliphatic heterocycles. The number of benzene rings is 1. The fourth-order valence-corrected chi connectivity index (χ4v) is 5.90. The molecule has 0 unspecified atom stereocenters. The highest BCUT2D eigenvalue weighted by Gasteiger charge is 2.35. The lowest BCUT2D eigenvalue weighted by Crippen LogP contribution is -2.33. The molecule has 0 fully saturated rings. The van der Waals surface area contributed by atoms with E-state index in [-0.39, 0.29) is 18.1 Å². The summed E-state index contributed by atoms with van der Waals surface area (Å²) in [5.41, 5.74) is 0.965. The molecular formula is C17H31N2O5PS. The molecule has 0 heterocycles. The van der Waals surface area contributed by atoms with Crippen molar-refractivity contribution >= 4 is 17.8 Å². The van der Waals surface area contributed by atoms with Crippen molar-refractivity contribution in [2.45, 2.75) is 39.5 Å². The Bertz CT molecular complexity index is 670. The molecule has 0 saturated heterocycles. The van der Waals surface area contributed by atoms with Crippen LogP contribution in [0.25, 0.3) is 0 Å². The van der Waals surface area contributed by atoms with Crippen LogP contribution in [0.15, 0.2) is 29.2 Å². The average Bonchev–Trinajstić information content (AvgIpc) is 2.61. The van der Waals surface area contributed by atoms with Crippen molar-refractivity contribution in [3.63, 3.8) is 0 Å². The summed E-state index contributed by atoms with van der Waals surface area (Å²) in [6, 6.07) is 6.42. The van der Waals surface area contributed by atoms with Crippen LogP contribution in [0.2, 0.25) is 0 Å². The number of hydrogen-bond acceptors (Lipinski definition) is 5. The first kappa shape index (κ1) is 23.3. The molecule has 0 bridgehead atoms. The van der Waals surface area contributed by atoms with Gasteiger partial charge < -0.3 is 4.52 Å². The molecule has 1 rings (SSSR count). The molecule has 0 amide bonds. The van der Waals surface area contributed by atoms with E-state index in [1.54, 1.807) is 21.5 Å². The first-order valence-electron chi connectivity index (χ1n) is 8.96. The predicted molar refractivity (Wildman–Crippen MR) is 104 cm³/mol. The molecule has 150 valence electrons. The maximum Gasteiger partial charge on any atom is 0.346 e. The van der Waals surface area contributed by atoms with Gasteiger partial charge >= 0.3 is 7.67 Å². The summed E-state index contributed by atoms with van der Waals surface area (Å²) >= 11 is 0. The molecule has 0 atom stereocenters. The molecule has 0 N–H and O–H groups in total. The standard InChI is InChI=1S/C17H31N2O5PS/c1-6-18(7-2)25(20,19(8-3)9-4)23-14-15-24-26(21,22)17-12-10-16(5)11-13-17/h10-13H,6-9,14-15H2,1-5H3. The van der Waals surface area contributed by atoms with Gasteiger partial charge in [0.05, 0.1) is 18.1 Å². The molecule has 0 aliphatic carbocycles. The topological polar surface area (TPSA) is 76.1 Å². The third-order valence-electron chi connectivity index (χ3n) is 4.07. The van der Waals surface area contributed by atoms with Gasteiger partial charge in [-0.3, -0.25) is 8.75 Å². The first-order valence-corrected chi connectivity index (χ1v) is 11.9. The fourth-order valence-electron chi connectivity index (χ4n) is 2.58. The van der Waals surface area contributed by atoms with Crippen LogP contribution in [-0.2, 0) is 23.4 Å². The van der Waals surface area contributed by atoms with E-state index in [1.807, 2.05) is 34.6 Å². The van der Waals surface area contributed by atoms with Gasteiger partial charge in [-0.05, 0) is 19.1 Å². The second kappa shape index (κ2) is 10.5. The molecule has 9 heteroatoms. The zero-order valence-corrected chi connectivity index (χ0v) is 18.1. The lowest BCUT2D eigenvalue weighted by Gasteiger charge is -2.36. The van der Waals surface area contributed by atoms with Crippen LogP contribution in [-0.4, -0.2) is 57.2 Å². The van der Waals surface area contributed by atoms with Crippen molar-refractivity contribution in [2.75, 3.05) is 39.4 Å². The van der Waals surface area contributed by atoms with E-state index < -0.39 is 17.8 Å². The monoisotopic (exact) mass is 406 g/mol. The minimum Gasteiger partial charge on any atom is -0.303 e. The Hall–Kier alpha value is -0.760. The van der Waals surface area contributed by atoms with Crippen molar-refractivity contribution in [1.29, 1.82) is 0 Å². The van der Waals surface area contributed by atoms with Crippen molar-refractivity contribution in [3.05, 3.63) is 29.8 Å². The minimum atomic E-state index is -3.85. The molecule has 1 aromatic carbocycles. The van der Waals surface area contributed by atoms with Gasteiger partial charge in [-0.2, -0.15) is 8.42 Å². The van der Waals surface area contributed by atoms with Crippen LogP contribution >= 0.6 is 7.67 Å². The highest BCUT2D eigenvalue weighted by Crippen LogP contribution is 2.53. The summed E-state index contributed by atoms with van der Waals surface area (Å²) in [5.74, 6) is 0. The zero-order valence-electron chi connectivity index (χ0n) is 16.3. The highest BCUT2D eigenvalue weighted by molar-refractivity contribution is 7.86. The van der Waals surface area contributed by atoms with Crippen LogP contribution in [0, 0.1) is 6.92 Å². The van der Waals surface area contributed by atoms with Gasteiger partial charge in [-0.1, -0.05) is 45.4 Å². The fraction of sp³-hybridized carbons (Fsp3) is 0.647. The smallest absolute Gasteiger partial charge is 0.303 e. The summed E-state index contributed by atoms with van der Waals surface area (Å²) in [6.45, 7) is 11.6. The van der Waals surface area contributed by atoms with E-state index in [9.17, 15) is 13.0 Å². The van der Waals surface area contributed by atoms with Gasteiger partial charge in [0.2, 0.25) is 0 Å². The number of hydrogen-bond donors (Lipinski definition) is 0. The van der Waals surface area contributed by atoms with E-state index >= 15 is 0 Å². The Morgan fingerprint density at radius 1 is 0.885 bits per heavy atom. The van der Waals surface area contributed by atoms with Gasteiger partial charge in [0.15, 0.2) is 0 Å². The third kappa shape index (κ3) is 5.87. The maximum atomic E-state index is 13.4. The molecule has 0 radical (unpaired) electrons. The molecule has 0 spiro atoms. The molecule has 26 heavy (non-hydrogen) atoms. The summed E-state index contributed by atoms with van der Waals surface area (Å²) in [7, 11) is -7.06. The summed E-state index contributed by atoms with van der Waals surface area (Å²) in [4.78, 5) is 0.0961. The van der Waals surface area contributed by atoms with Crippen molar-refractivity contribution < 1.29 is 21.7 Å². The second-order valence-corrected chi connectivity index (χ2v) is 9.68. The zero-order chi connectivity index (χ0) is 19.8. The molecule has 0 saturated carbocycles. The van der Waals surface area contributed by atoms with Crippen LogP contribution in [0.5, 0.6) is 0 Å². The second-order valence-electron chi connectivity index (χ2n) is 5.69. The lowest BCUT2D eigenvalue weighted by atomic mass is 10.2. The highest BCUT2D eigenvalue weighted by atomic mass is 32.2. The Morgan fingerprint density at radius 3 is 1.77 bits per heavy atom. The summed E-state index contributed by atoms with van der Waals surface area (Å²) in [6.07, 6.45) is 0. The maximum absolute atomic E-state index is 13.4. The predicted octanol–water partition coefficient (Wildman–Crippen LogP) is 3.51. The summed E-state index contributed by atoms with van der Waals surface area (Å²) < 4.78 is 52.0. The quantitative estimate of drug-likeness (QED) is 0.299. The van der Waals surface area contributed by atoms with Crippen LogP contribution in [0.1, 0.15) is 33.3 Å². The van der Waals surface area contributed by atoms with Gasteiger partial charge in [0.1, 0.15) is 0 Å². The van der Waals surface area contributed by atoms with Crippen molar-refractivity contribution in [1.82, 2.24) is 9.34 Å². The molecule has 0 aliphatic rings. The normalized spacial score (nSPS) is 12.9. The van der Waals surface area contributed by atoms with Gasteiger partial charge in [-0.25, -0.2) is 9.34 Å². The lowest BCUT2D eigenvalue weighted by molar-refractivity contribution is 0.176. The van der Waals surface area contributed by atoms with Gasteiger partial charge in [0, 0.05) is 26.2 Å². The molecule has 7 nitrogen and oxygen atoms in total. The van der Waals surface area contributed by atoms with Crippen LogP contribution in [0.4, 0.5) is 0 Å². The number of rotatable bonds is 12. The summed E-state index contributed by atoms with van der Waals surface area (Å²) in [5, 5.41) is 0. The van der Waals surface area contributed by atoms with E-state index in [0.717, 1.165) is 5.56 Å². The van der Waals surface area contributed by atoms with E-state index in [4.69, 9.17) is 8.71 Å². The minimum absolute atomic E-state index is 0.0740. The third-order valence-corrected chi connectivity index (χ3v) is 8.47. The van der Waals surface area contributed by atoms with Gasteiger partial charge in [-0.15, -0.1) is 0 Å². The van der Waals surface area contributed by atoms with E-state index in [0.29, 0.717) is 26.2 Å². The first-order chi connectivity index (χ1) is 12.2. The molecular weight excluding hydrogens is 375 g/mol. The Balaban J connectivity index is 2.75. The molecule has 1 aromatic rings. The number of aryl methyl sites for hydroxylation is 1. The number of nitrogens with zero attached hydrogens (tertiary/aromatic N) is 2. The Kier molecular flexibility index (Phi) is 9.44. The Labute approximate surface area is 158 Å². The Morgan fingerprint density at radius 2 is 1.35 bits per heavy atom. The van der Waals surface area contributed by atoms with E-state index in [2.05, 4.69) is 0 Å². The molecule has 0 aromatic heterocycles. The SMILES string of the molecule is CCN(CC)P(=O)(OCCOS(=O)(=O)c1ccc(C)cc1)N(CC)CC. The van der Waals surface area contributed by atoms with Crippen LogP contribution in [0.3, 0.4) is 0 Å². The largest absolute Gasteiger partial charge is 0.346 e.